The largest absolute Gasteiger partial charge is 0.354 e. The summed E-state index contributed by atoms with van der Waals surface area (Å²) in [4.78, 5) is 29.1. The maximum atomic E-state index is 14.0. The van der Waals surface area contributed by atoms with E-state index in [2.05, 4.69) is 5.32 Å². The van der Waals surface area contributed by atoms with Crippen LogP contribution in [0.3, 0.4) is 0 Å². The average molecular weight is 536 g/mol. The van der Waals surface area contributed by atoms with Gasteiger partial charge in [-0.1, -0.05) is 86.1 Å². The van der Waals surface area contributed by atoms with E-state index in [1.165, 1.54) is 4.90 Å². The molecule has 1 N–H and O–H groups in total. The molecule has 7 nitrogen and oxygen atoms in total. The van der Waals surface area contributed by atoms with Crippen molar-refractivity contribution in [2.75, 3.05) is 23.7 Å². The van der Waals surface area contributed by atoms with Gasteiger partial charge in [0.1, 0.15) is 12.6 Å². The molecule has 0 aliphatic heterocycles. The number of carbonyl (C=O) groups is 2. The number of unbranched alkanes of at least 4 members (excludes halogenated alkanes) is 1. The molecule has 0 aliphatic carbocycles. The summed E-state index contributed by atoms with van der Waals surface area (Å²) in [6.45, 7) is 4.27. The first kappa shape index (κ1) is 28.9. The number of amides is 2. The van der Waals surface area contributed by atoms with E-state index in [-0.39, 0.29) is 12.5 Å². The van der Waals surface area contributed by atoms with E-state index < -0.39 is 28.5 Å². The molecule has 0 bridgehead atoms. The van der Waals surface area contributed by atoms with E-state index in [9.17, 15) is 18.0 Å². The average Bonchev–Trinajstić information content (AvgIpc) is 2.90. The van der Waals surface area contributed by atoms with Crippen molar-refractivity contribution >= 4 is 27.5 Å². The standard InChI is InChI=1S/C30H37N3O4S/c1-4-5-20-31-30(35)28(21-25-15-8-6-9-16-25)32(22-26-17-13-12-14-24(26)2)29(34)23-33(38(3,36)37)27-18-10-7-11-19-27/h6-19,28H,4-5,20-23H2,1-3H3,(H,31,35)/t28-/m1/s1. The summed E-state index contributed by atoms with van der Waals surface area (Å²) in [6, 6.07) is 25.0. The highest BCUT2D eigenvalue weighted by molar-refractivity contribution is 7.92. The van der Waals surface area contributed by atoms with E-state index >= 15 is 0 Å². The van der Waals surface area contributed by atoms with Gasteiger partial charge in [-0.15, -0.1) is 0 Å². The number of anilines is 1. The third kappa shape index (κ3) is 8.18. The zero-order valence-electron chi connectivity index (χ0n) is 22.3. The minimum atomic E-state index is -3.76. The van der Waals surface area contributed by atoms with Crippen LogP contribution in [0.1, 0.15) is 36.5 Å². The van der Waals surface area contributed by atoms with Crippen molar-refractivity contribution < 1.29 is 18.0 Å². The molecule has 8 heteroatoms. The number of aryl methyl sites for hydroxylation is 1. The molecule has 1 atom stereocenters. The van der Waals surface area contributed by atoms with Crippen molar-refractivity contribution in [3.63, 3.8) is 0 Å². The summed E-state index contributed by atoms with van der Waals surface area (Å²) in [5, 5.41) is 2.99. The lowest BCUT2D eigenvalue weighted by atomic mass is 10.0. The first-order valence-electron chi connectivity index (χ1n) is 12.9. The van der Waals surface area contributed by atoms with Crippen LogP contribution < -0.4 is 9.62 Å². The van der Waals surface area contributed by atoms with Gasteiger partial charge >= 0.3 is 0 Å². The fourth-order valence-electron chi connectivity index (χ4n) is 4.24. The van der Waals surface area contributed by atoms with Crippen LogP contribution in [0.2, 0.25) is 0 Å². The monoisotopic (exact) mass is 535 g/mol. The molecular weight excluding hydrogens is 498 g/mol. The van der Waals surface area contributed by atoms with Gasteiger partial charge in [-0.25, -0.2) is 8.42 Å². The molecule has 0 saturated carbocycles. The van der Waals surface area contributed by atoms with Gasteiger partial charge in [0.15, 0.2) is 0 Å². The molecule has 202 valence electrons. The summed E-state index contributed by atoms with van der Waals surface area (Å²) < 4.78 is 26.6. The minimum Gasteiger partial charge on any atom is -0.354 e. The molecule has 0 radical (unpaired) electrons. The van der Waals surface area contributed by atoms with Crippen LogP contribution in [0.25, 0.3) is 0 Å². The normalized spacial score (nSPS) is 12.0. The quantitative estimate of drug-likeness (QED) is 0.330. The summed E-state index contributed by atoms with van der Waals surface area (Å²) in [5.74, 6) is -0.705. The van der Waals surface area contributed by atoms with Crippen molar-refractivity contribution in [3.05, 3.63) is 102 Å². The van der Waals surface area contributed by atoms with Crippen LogP contribution in [-0.4, -0.2) is 50.5 Å². The van der Waals surface area contributed by atoms with E-state index in [4.69, 9.17) is 0 Å². The molecule has 0 unspecified atom stereocenters. The van der Waals surface area contributed by atoms with Gasteiger partial charge in [0, 0.05) is 19.5 Å². The van der Waals surface area contributed by atoms with Gasteiger partial charge < -0.3 is 10.2 Å². The number of hydrogen-bond acceptors (Lipinski definition) is 4. The Balaban J connectivity index is 2.02. The summed E-state index contributed by atoms with van der Waals surface area (Å²) in [6.07, 6.45) is 3.14. The Morgan fingerprint density at radius 2 is 1.50 bits per heavy atom. The Kier molecular flexibility index (Phi) is 10.5. The molecule has 2 amide bonds. The van der Waals surface area contributed by atoms with Gasteiger partial charge in [-0.05, 0) is 42.2 Å². The van der Waals surface area contributed by atoms with Crippen molar-refractivity contribution in [3.8, 4) is 0 Å². The third-order valence-electron chi connectivity index (χ3n) is 6.43. The molecule has 0 fully saturated rings. The van der Waals surface area contributed by atoms with Crippen LogP contribution >= 0.6 is 0 Å². The minimum absolute atomic E-state index is 0.177. The smallest absolute Gasteiger partial charge is 0.244 e. The number of sulfonamides is 1. The number of nitrogens with zero attached hydrogens (tertiary/aromatic N) is 2. The maximum Gasteiger partial charge on any atom is 0.244 e. The molecule has 0 aromatic heterocycles. The summed E-state index contributed by atoms with van der Waals surface area (Å²) in [7, 11) is -3.76. The second-order valence-corrected chi connectivity index (χ2v) is 11.3. The lowest BCUT2D eigenvalue weighted by molar-refractivity contribution is -0.140. The molecule has 38 heavy (non-hydrogen) atoms. The fourth-order valence-corrected chi connectivity index (χ4v) is 5.09. The molecule has 3 aromatic rings. The summed E-state index contributed by atoms with van der Waals surface area (Å²) in [5.41, 5.74) is 3.18. The number of para-hydroxylation sites is 1. The Morgan fingerprint density at radius 3 is 2.11 bits per heavy atom. The Hall–Kier alpha value is -3.65. The van der Waals surface area contributed by atoms with Crippen molar-refractivity contribution in [2.45, 2.75) is 45.7 Å². The van der Waals surface area contributed by atoms with Gasteiger partial charge in [0.25, 0.3) is 0 Å². The zero-order valence-corrected chi connectivity index (χ0v) is 23.2. The topological polar surface area (TPSA) is 86.8 Å². The first-order valence-corrected chi connectivity index (χ1v) is 14.7. The predicted octanol–water partition coefficient (Wildman–Crippen LogP) is 4.32. The van der Waals surface area contributed by atoms with E-state index in [0.29, 0.717) is 18.7 Å². The zero-order chi connectivity index (χ0) is 27.5. The van der Waals surface area contributed by atoms with Crippen LogP contribution in [0, 0.1) is 6.92 Å². The fraction of sp³-hybridized carbons (Fsp3) is 0.333. The Bertz CT molecular complexity index is 1300. The number of nitrogens with one attached hydrogen (secondary N) is 1. The van der Waals surface area contributed by atoms with Crippen LogP contribution in [0.5, 0.6) is 0 Å². The Labute approximate surface area is 226 Å². The highest BCUT2D eigenvalue weighted by atomic mass is 32.2. The molecule has 0 saturated heterocycles. The molecular formula is C30H37N3O4S. The van der Waals surface area contributed by atoms with Gasteiger partial charge in [0.05, 0.1) is 11.9 Å². The number of carbonyl (C=O) groups excluding carboxylic acids is 2. The van der Waals surface area contributed by atoms with E-state index in [0.717, 1.165) is 40.1 Å². The highest BCUT2D eigenvalue weighted by Gasteiger charge is 2.33. The van der Waals surface area contributed by atoms with Gasteiger partial charge in [-0.3, -0.25) is 13.9 Å². The van der Waals surface area contributed by atoms with Crippen molar-refractivity contribution in [2.24, 2.45) is 0 Å². The van der Waals surface area contributed by atoms with Crippen molar-refractivity contribution in [1.29, 1.82) is 0 Å². The lowest BCUT2D eigenvalue weighted by Gasteiger charge is -2.34. The second kappa shape index (κ2) is 13.8. The first-order chi connectivity index (χ1) is 18.2. The predicted molar refractivity (Wildman–Crippen MR) is 152 cm³/mol. The van der Waals surface area contributed by atoms with E-state index in [1.807, 2.05) is 68.4 Å². The van der Waals surface area contributed by atoms with Crippen molar-refractivity contribution in [1.82, 2.24) is 10.2 Å². The van der Waals surface area contributed by atoms with Gasteiger partial charge in [0.2, 0.25) is 21.8 Å². The molecule has 3 rings (SSSR count). The van der Waals surface area contributed by atoms with Crippen LogP contribution in [0.4, 0.5) is 5.69 Å². The number of benzene rings is 3. The second-order valence-electron chi connectivity index (χ2n) is 9.40. The molecule has 0 aliphatic rings. The highest BCUT2D eigenvalue weighted by Crippen LogP contribution is 2.21. The third-order valence-corrected chi connectivity index (χ3v) is 7.57. The van der Waals surface area contributed by atoms with Crippen LogP contribution in [-0.2, 0) is 32.6 Å². The lowest BCUT2D eigenvalue weighted by Crippen LogP contribution is -2.53. The SMILES string of the molecule is CCCCNC(=O)[C@@H](Cc1ccccc1)N(Cc1ccccc1C)C(=O)CN(c1ccccc1)S(C)(=O)=O. The van der Waals surface area contributed by atoms with Crippen LogP contribution in [0.15, 0.2) is 84.9 Å². The Morgan fingerprint density at radius 1 is 0.895 bits per heavy atom. The van der Waals surface area contributed by atoms with E-state index in [1.54, 1.807) is 30.3 Å². The summed E-state index contributed by atoms with van der Waals surface area (Å²) >= 11 is 0. The number of rotatable bonds is 13. The van der Waals surface area contributed by atoms with Gasteiger partial charge in [-0.2, -0.15) is 0 Å². The molecule has 0 heterocycles. The molecule has 0 spiro atoms. The maximum absolute atomic E-state index is 14.0. The molecule has 3 aromatic carbocycles. The number of hydrogen-bond donors (Lipinski definition) is 1.